The van der Waals surface area contributed by atoms with E-state index < -0.39 is 6.10 Å². The van der Waals surface area contributed by atoms with Gasteiger partial charge in [-0.05, 0) is 48.4 Å². The monoisotopic (exact) mass is 390 g/mol. The molecule has 3 amide bonds. The van der Waals surface area contributed by atoms with Crippen LogP contribution in [0.25, 0.3) is 6.08 Å². The predicted octanol–water partition coefficient (Wildman–Crippen LogP) is 1.75. The van der Waals surface area contributed by atoms with Gasteiger partial charge in [0, 0.05) is 19.7 Å². The number of hydrogen-bond donors (Lipinski definition) is 1. The first-order valence-electron chi connectivity index (χ1n) is 8.66. The number of hydrogen-bond acceptors (Lipinski definition) is 7. The number of benzene rings is 1. The van der Waals surface area contributed by atoms with E-state index in [9.17, 15) is 14.4 Å². The summed E-state index contributed by atoms with van der Waals surface area (Å²) in [5.41, 5.74) is 0.747. The van der Waals surface area contributed by atoms with Crippen LogP contribution in [-0.2, 0) is 14.3 Å². The van der Waals surface area contributed by atoms with E-state index in [2.05, 4.69) is 5.32 Å². The molecule has 142 valence electrons. The van der Waals surface area contributed by atoms with Gasteiger partial charge in [-0.25, -0.2) is 0 Å². The Morgan fingerprint density at radius 2 is 2.15 bits per heavy atom. The molecule has 0 aromatic heterocycles. The van der Waals surface area contributed by atoms with Gasteiger partial charge in [0.15, 0.2) is 11.5 Å². The number of ether oxygens (including phenoxy) is 3. The van der Waals surface area contributed by atoms with E-state index in [-0.39, 0.29) is 36.9 Å². The van der Waals surface area contributed by atoms with Gasteiger partial charge in [-0.1, -0.05) is 6.07 Å². The standard InChI is InChI=1S/C18H18N2O6S/c21-16(13-2-1-7-24-13)19-5-6-20-17(22)15(27-18(20)23)9-11-3-4-12-14(8-11)26-10-25-12/h3-4,8-9,13H,1-2,5-7,10H2,(H,19,21)/b15-9-/t13-/m0/s1. The molecule has 2 fully saturated rings. The van der Waals surface area contributed by atoms with Crippen LogP contribution in [0.1, 0.15) is 18.4 Å². The van der Waals surface area contributed by atoms with Gasteiger partial charge in [-0.3, -0.25) is 19.3 Å². The molecule has 3 heterocycles. The quantitative estimate of drug-likeness (QED) is 0.766. The smallest absolute Gasteiger partial charge is 0.293 e. The summed E-state index contributed by atoms with van der Waals surface area (Å²) in [5.74, 6) is 0.700. The van der Waals surface area contributed by atoms with Crippen LogP contribution >= 0.6 is 11.8 Å². The lowest BCUT2D eigenvalue weighted by Gasteiger charge is -2.14. The molecule has 0 bridgehead atoms. The number of imide groups is 1. The minimum Gasteiger partial charge on any atom is -0.454 e. The SMILES string of the molecule is O=C(NCCN1C(=O)S/C(=C\c2ccc3c(c2)OCO3)C1=O)[C@@H]1CCCO1. The Labute approximate surface area is 159 Å². The molecular weight excluding hydrogens is 372 g/mol. The molecule has 0 aliphatic carbocycles. The van der Waals surface area contributed by atoms with Crippen molar-refractivity contribution in [3.8, 4) is 11.5 Å². The van der Waals surface area contributed by atoms with Crippen LogP contribution in [0.15, 0.2) is 23.1 Å². The maximum absolute atomic E-state index is 12.5. The molecule has 1 N–H and O–H groups in total. The second-order valence-corrected chi connectivity index (χ2v) is 7.23. The van der Waals surface area contributed by atoms with Gasteiger partial charge in [0.1, 0.15) is 6.10 Å². The zero-order valence-corrected chi connectivity index (χ0v) is 15.3. The summed E-state index contributed by atoms with van der Waals surface area (Å²) < 4.78 is 15.9. The van der Waals surface area contributed by atoms with Crippen molar-refractivity contribution < 1.29 is 28.6 Å². The first-order valence-corrected chi connectivity index (χ1v) is 9.48. The molecule has 0 spiro atoms. The maximum atomic E-state index is 12.5. The van der Waals surface area contributed by atoms with E-state index in [0.29, 0.717) is 29.4 Å². The summed E-state index contributed by atoms with van der Waals surface area (Å²) in [6.07, 6.45) is 2.79. The lowest BCUT2D eigenvalue weighted by Crippen LogP contribution is -2.40. The molecule has 4 rings (SSSR count). The van der Waals surface area contributed by atoms with Crippen molar-refractivity contribution >= 4 is 34.9 Å². The number of nitrogens with zero attached hydrogens (tertiary/aromatic N) is 1. The highest BCUT2D eigenvalue weighted by molar-refractivity contribution is 8.18. The van der Waals surface area contributed by atoms with Gasteiger partial charge in [-0.2, -0.15) is 0 Å². The molecule has 27 heavy (non-hydrogen) atoms. The van der Waals surface area contributed by atoms with Crippen molar-refractivity contribution in [2.75, 3.05) is 26.5 Å². The minimum atomic E-state index is -0.425. The maximum Gasteiger partial charge on any atom is 0.293 e. The number of carbonyl (C=O) groups is 3. The number of amides is 3. The van der Waals surface area contributed by atoms with Gasteiger partial charge >= 0.3 is 0 Å². The van der Waals surface area contributed by atoms with Gasteiger partial charge in [0.25, 0.3) is 11.1 Å². The van der Waals surface area contributed by atoms with E-state index in [1.807, 2.05) is 0 Å². The third-order valence-electron chi connectivity index (χ3n) is 4.42. The first kappa shape index (κ1) is 17.9. The van der Waals surface area contributed by atoms with Crippen molar-refractivity contribution in [3.63, 3.8) is 0 Å². The molecular formula is C18H18N2O6S. The summed E-state index contributed by atoms with van der Waals surface area (Å²) >= 11 is 0.883. The zero-order chi connectivity index (χ0) is 18.8. The lowest BCUT2D eigenvalue weighted by molar-refractivity contribution is -0.130. The molecule has 2 saturated heterocycles. The molecule has 1 atom stereocenters. The molecule has 0 unspecified atom stereocenters. The van der Waals surface area contributed by atoms with Crippen molar-refractivity contribution in [1.82, 2.24) is 10.2 Å². The molecule has 3 aliphatic heterocycles. The second kappa shape index (κ2) is 7.61. The van der Waals surface area contributed by atoms with Gasteiger partial charge in [0.05, 0.1) is 4.91 Å². The highest BCUT2D eigenvalue weighted by atomic mass is 32.2. The van der Waals surface area contributed by atoms with E-state index in [0.717, 1.165) is 28.6 Å². The third kappa shape index (κ3) is 3.79. The number of thioether (sulfide) groups is 1. The third-order valence-corrected chi connectivity index (χ3v) is 5.33. The fraction of sp³-hybridized carbons (Fsp3) is 0.389. The van der Waals surface area contributed by atoms with E-state index in [1.165, 1.54) is 0 Å². The Morgan fingerprint density at radius 3 is 2.96 bits per heavy atom. The summed E-state index contributed by atoms with van der Waals surface area (Å²) in [6.45, 7) is 1.09. The van der Waals surface area contributed by atoms with E-state index >= 15 is 0 Å². The fourth-order valence-corrected chi connectivity index (χ4v) is 3.90. The zero-order valence-electron chi connectivity index (χ0n) is 14.4. The van der Waals surface area contributed by atoms with Crippen LogP contribution in [0.3, 0.4) is 0 Å². The molecule has 1 aromatic rings. The summed E-state index contributed by atoms with van der Waals surface area (Å²) in [5, 5.41) is 2.37. The van der Waals surface area contributed by atoms with Gasteiger partial charge < -0.3 is 19.5 Å². The fourth-order valence-electron chi connectivity index (χ4n) is 3.04. The largest absolute Gasteiger partial charge is 0.454 e. The number of fused-ring (bicyclic) bond motifs is 1. The summed E-state index contributed by atoms with van der Waals surface area (Å²) in [4.78, 5) is 38.1. The Balaban J connectivity index is 1.36. The molecule has 9 heteroatoms. The number of rotatable bonds is 5. The Hall–Kier alpha value is -2.52. The molecule has 0 saturated carbocycles. The lowest BCUT2D eigenvalue weighted by atomic mass is 10.2. The Kier molecular flexibility index (Phi) is 5.04. The van der Waals surface area contributed by atoms with Crippen LogP contribution in [0.2, 0.25) is 0 Å². The van der Waals surface area contributed by atoms with Gasteiger partial charge in [-0.15, -0.1) is 0 Å². The Bertz CT molecular complexity index is 818. The molecule has 1 aromatic carbocycles. The van der Waals surface area contributed by atoms with E-state index in [1.54, 1.807) is 24.3 Å². The minimum absolute atomic E-state index is 0.127. The van der Waals surface area contributed by atoms with Gasteiger partial charge in [0.2, 0.25) is 12.7 Å². The van der Waals surface area contributed by atoms with Crippen LogP contribution in [-0.4, -0.2) is 54.5 Å². The van der Waals surface area contributed by atoms with Crippen LogP contribution < -0.4 is 14.8 Å². The highest BCUT2D eigenvalue weighted by Crippen LogP contribution is 2.36. The predicted molar refractivity (Wildman–Crippen MR) is 97.2 cm³/mol. The molecule has 0 radical (unpaired) electrons. The Morgan fingerprint density at radius 1 is 1.30 bits per heavy atom. The van der Waals surface area contributed by atoms with Crippen molar-refractivity contribution in [2.24, 2.45) is 0 Å². The van der Waals surface area contributed by atoms with Crippen molar-refractivity contribution in [1.29, 1.82) is 0 Å². The van der Waals surface area contributed by atoms with Crippen LogP contribution in [0, 0.1) is 0 Å². The summed E-state index contributed by atoms with van der Waals surface area (Å²) in [7, 11) is 0. The van der Waals surface area contributed by atoms with E-state index in [4.69, 9.17) is 14.2 Å². The molecule has 8 nitrogen and oxygen atoms in total. The number of nitrogens with one attached hydrogen (secondary N) is 1. The molecule has 3 aliphatic rings. The summed E-state index contributed by atoms with van der Waals surface area (Å²) in [6, 6.07) is 5.32. The van der Waals surface area contributed by atoms with Crippen LogP contribution in [0.4, 0.5) is 4.79 Å². The first-order chi connectivity index (χ1) is 13.1. The van der Waals surface area contributed by atoms with Crippen molar-refractivity contribution in [2.45, 2.75) is 18.9 Å². The average Bonchev–Trinajstić information content (AvgIpc) is 3.38. The van der Waals surface area contributed by atoms with Crippen LogP contribution in [0.5, 0.6) is 11.5 Å². The second-order valence-electron chi connectivity index (χ2n) is 6.24. The topological polar surface area (TPSA) is 94.2 Å². The number of carbonyl (C=O) groups excluding carboxylic acids is 3. The van der Waals surface area contributed by atoms with Crippen molar-refractivity contribution in [3.05, 3.63) is 28.7 Å². The normalized spacial score (nSPS) is 22.7. The average molecular weight is 390 g/mol. The highest BCUT2D eigenvalue weighted by Gasteiger charge is 2.35.